The summed E-state index contributed by atoms with van der Waals surface area (Å²) in [5.74, 6) is -2.37. The number of nitrogens with zero attached hydrogens (tertiary/aromatic N) is 12. The number of hydrogen-bond donors (Lipinski definition) is 8. The Balaban J connectivity index is 0.00000574. The Morgan fingerprint density at radius 1 is 0.524 bits per heavy atom. The van der Waals surface area contributed by atoms with E-state index >= 15 is 0 Å². The van der Waals surface area contributed by atoms with E-state index in [1.54, 1.807) is 0 Å². The second-order valence-corrected chi connectivity index (χ2v) is 22.9. The number of benzene rings is 4. The van der Waals surface area contributed by atoms with Crippen LogP contribution in [0, 0.1) is 0 Å². The van der Waals surface area contributed by atoms with Crippen LogP contribution in [-0.4, -0.2) is 158 Å². The predicted molar refractivity (Wildman–Crippen MR) is 271 cm³/mol. The maximum Gasteiger partial charge on any atom is 1.00 e. The molecular weight excluding hydrogens is 1250 g/mol. The molecule has 0 aliphatic heterocycles. The topological polar surface area (TPSA) is 513 Å². The maximum atomic E-state index is 12.7. The van der Waals surface area contributed by atoms with Crippen LogP contribution in [0.3, 0.4) is 0 Å². The molecule has 0 fully saturated rings. The number of phenolic OH excluding ortho intramolecular Hbond substituents is 1. The van der Waals surface area contributed by atoms with Crippen molar-refractivity contribution in [2.45, 2.75) is 71.7 Å². The fourth-order valence-corrected chi connectivity index (χ4v) is 9.95. The van der Waals surface area contributed by atoms with Crippen molar-refractivity contribution in [2.24, 2.45) is 20.5 Å². The smallest absolute Gasteiger partial charge is 0.744 e. The molecule has 9 N–H and O–H groups in total. The molecule has 32 nitrogen and oxygen atoms in total. The van der Waals surface area contributed by atoms with Crippen molar-refractivity contribution in [1.29, 1.82) is 0 Å². The van der Waals surface area contributed by atoms with Crippen LogP contribution in [0.5, 0.6) is 5.75 Å². The summed E-state index contributed by atoms with van der Waals surface area (Å²) in [6.45, 7) is 5.44. The van der Waals surface area contributed by atoms with Crippen molar-refractivity contribution in [3.63, 3.8) is 0 Å². The van der Waals surface area contributed by atoms with E-state index in [0.29, 0.717) is 18.2 Å². The zero-order valence-corrected chi connectivity index (χ0v) is 57.0. The van der Waals surface area contributed by atoms with Crippen LogP contribution in [0.4, 0.5) is 63.6 Å². The molecule has 42 heteroatoms. The number of nitrogen functional groups attached to an aromatic ring is 1. The number of halogens is 2. The van der Waals surface area contributed by atoms with E-state index in [1.807, 2.05) is 0 Å². The number of anilines is 7. The number of nitrogens with two attached hydrogens (primary N) is 1. The SMILES string of the molecule is CC(O)CN(CC(C)O)c1nc(Cl)nc(Nc2ccc(S(=O)(=O)[O-])c(N=Nc3c(S(=O)(=O)[O-])cc4cc(S(=O)(=O)[O-])c(N=Nc5cc(Nc6nc(Cl)nc(N(CC(C)O)CC(C)O)n6)ccc5S(=O)(=O)[O-])c(O)c4c3N)c2)n1.[Na+].[Na+].[Na+].[Na+]. The molecule has 0 radical (unpaired) electrons. The summed E-state index contributed by atoms with van der Waals surface area (Å²) in [7, 11) is -22.5. The maximum absolute atomic E-state index is 12.7. The standard InChI is InChI=1S/C40H45Cl2N15O17S4.4Na/c1-17(58)13-56(14-18(2)59)39-48-35(41)46-37(50-39)44-22-5-7-26(75(63,64)65)24(11-22)52-54-32-28(77(69,70)71)9-21-10-29(78(72,73)74)33(34(62)30(21)31(32)43)55-53-25-12-23(6-8-27(25)76(66,67)68)45-38-47-36(42)49-40(51-38)57(15-19(3)60)16-20(4)61;;;;/h5-12,17-20,58-62H,13-16,43H2,1-4H3,(H,63,64,65)(H,66,67,68)(H,69,70,71)(H,72,73,74)(H,44,46,48,50)(H,45,47,49,51);;;;/q;4*+1/p-4. The van der Waals surface area contributed by atoms with Gasteiger partial charge in [0.1, 0.15) is 63.2 Å². The summed E-state index contributed by atoms with van der Waals surface area (Å²) in [6.07, 6.45) is -3.79. The van der Waals surface area contributed by atoms with Gasteiger partial charge < -0.3 is 69.9 Å². The van der Waals surface area contributed by atoms with Crippen molar-refractivity contribution in [1.82, 2.24) is 29.9 Å². The number of hydrogen-bond acceptors (Lipinski definition) is 32. The quantitative estimate of drug-likeness (QED) is 0.0135. The second-order valence-electron chi connectivity index (χ2n) is 16.8. The largest absolute Gasteiger partial charge is 1.00 e. The van der Waals surface area contributed by atoms with E-state index in [1.165, 1.54) is 37.5 Å². The minimum absolute atomic E-state index is 0. The minimum atomic E-state index is -5.82. The third kappa shape index (κ3) is 20.1. The van der Waals surface area contributed by atoms with Crippen LogP contribution >= 0.6 is 23.2 Å². The van der Waals surface area contributed by atoms with Crippen molar-refractivity contribution in [3.05, 3.63) is 59.1 Å². The van der Waals surface area contributed by atoms with Gasteiger partial charge in [-0.05, 0) is 105 Å². The van der Waals surface area contributed by atoms with E-state index < -0.39 is 140 Å². The molecule has 0 aliphatic carbocycles. The van der Waals surface area contributed by atoms with E-state index in [2.05, 4.69) is 61.0 Å². The third-order valence-corrected chi connectivity index (χ3v) is 13.8. The number of aliphatic hydroxyl groups is 4. The molecule has 0 aliphatic rings. The molecule has 2 aromatic heterocycles. The van der Waals surface area contributed by atoms with Crippen LogP contribution in [0.2, 0.25) is 10.6 Å². The van der Waals surface area contributed by atoms with Gasteiger partial charge in [-0.2, -0.15) is 29.9 Å². The molecule has 420 valence electrons. The van der Waals surface area contributed by atoms with Gasteiger partial charge in [0.15, 0.2) is 5.75 Å². The minimum Gasteiger partial charge on any atom is -0.744 e. The molecule has 0 spiro atoms. The molecular formula is C40H41Cl2N15Na4O17S4. The first kappa shape index (κ1) is 75.3. The summed E-state index contributed by atoms with van der Waals surface area (Å²) >= 11 is 12.3. The van der Waals surface area contributed by atoms with Gasteiger partial charge in [-0.1, -0.05) is 0 Å². The number of nitrogens with one attached hydrogen (secondary N) is 2. The van der Waals surface area contributed by atoms with E-state index in [0.717, 1.165) is 30.3 Å². The number of aliphatic hydroxyl groups excluding tert-OH is 4. The van der Waals surface area contributed by atoms with Crippen LogP contribution in [-0.2, 0) is 40.5 Å². The Morgan fingerprint density at radius 3 is 1.18 bits per heavy atom. The van der Waals surface area contributed by atoms with E-state index in [4.69, 9.17) is 28.9 Å². The molecule has 4 aromatic carbocycles. The number of phenols is 1. The van der Waals surface area contributed by atoms with Gasteiger partial charge >= 0.3 is 118 Å². The number of azo groups is 2. The van der Waals surface area contributed by atoms with Crippen LogP contribution < -0.4 is 144 Å². The number of fused-ring (bicyclic) bond motifs is 1. The van der Waals surface area contributed by atoms with Crippen LogP contribution in [0.25, 0.3) is 10.8 Å². The number of aromatic hydroxyl groups is 1. The van der Waals surface area contributed by atoms with Gasteiger partial charge in [0.05, 0.1) is 55.1 Å². The summed E-state index contributed by atoms with van der Waals surface area (Å²) in [4.78, 5) is 21.9. The van der Waals surface area contributed by atoms with Crippen molar-refractivity contribution in [3.8, 4) is 5.75 Å². The number of rotatable bonds is 22. The molecule has 82 heavy (non-hydrogen) atoms. The zero-order chi connectivity index (χ0) is 58.0. The van der Waals surface area contributed by atoms with Gasteiger partial charge in [0.2, 0.25) is 34.4 Å². The van der Waals surface area contributed by atoms with Crippen molar-refractivity contribution >= 4 is 138 Å². The van der Waals surface area contributed by atoms with Crippen molar-refractivity contribution in [2.75, 3.05) is 52.3 Å². The summed E-state index contributed by atoms with van der Waals surface area (Å²) in [5.41, 5.74) is 0.656. The summed E-state index contributed by atoms with van der Waals surface area (Å²) in [6, 6.07) is 5.95. The second kappa shape index (κ2) is 30.7. The molecule has 4 atom stereocenters. The predicted octanol–water partition coefficient (Wildman–Crippen LogP) is -9.11. The molecule has 6 rings (SSSR count). The molecule has 6 aromatic rings. The van der Waals surface area contributed by atoms with E-state index in [-0.39, 0.29) is 180 Å². The van der Waals surface area contributed by atoms with Gasteiger partial charge in [-0.15, -0.1) is 20.5 Å². The third-order valence-electron chi connectivity index (χ3n) is 10.0. The summed E-state index contributed by atoms with van der Waals surface area (Å²) in [5, 5.41) is 69.2. The first-order chi connectivity index (χ1) is 36.1. The monoisotopic (exact) mass is 1290 g/mol. The van der Waals surface area contributed by atoms with Gasteiger partial charge in [0, 0.05) is 37.6 Å². The van der Waals surface area contributed by atoms with Crippen LogP contribution in [0.1, 0.15) is 27.7 Å². The fourth-order valence-electron chi connectivity index (χ4n) is 7.15. The summed E-state index contributed by atoms with van der Waals surface area (Å²) < 4.78 is 151. The normalized spacial score (nSPS) is 13.5. The Bertz CT molecular complexity index is 3590. The molecule has 0 amide bonds. The number of aromatic nitrogens is 6. The Kier molecular flexibility index (Phi) is 28.2. The first-order valence-electron chi connectivity index (χ1n) is 21.8. The Morgan fingerprint density at radius 2 is 0.854 bits per heavy atom. The average Bonchev–Trinajstić information content (AvgIpc) is 3.28. The van der Waals surface area contributed by atoms with E-state index in [9.17, 15) is 77.4 Å². The van der Waals surface area contributed by atoms with Gasteiger partial charge in [-0.3, -0.25) is 0 Å². The van der Waals surface area contributed by atoms with Crippen LogP contribution in [0.15, 0.2) is 88.6 Å². The molecule has 0 saturated carbocycles. The first-order valence-corrected chi connectivity index (χ1v) is 28.1. The van der Waals surface area contributed by atoms with Gasteiger partial charge in [0.25, 0.3) is 0 Å². The van der Waals surface area contributed by atoms with Gasteiger partial charge in [-0.25, -0.2) is 33.7 Å². The molecule has 0 bridgehead atoms. The molecule has 2 heterocycles. The Labute approximate surface area is 566 Å². The zero-order valence-electron chi connectivity index (χ0n) is 44.2. The molecule has 4 unspecified atom stereocenters. The average molecular weight is 1290 g/mol. The Hall–Kier alpha value is -2.78. The molecule has 0 saturated heterocycles. The fraction of sp³-hybridized carbons (Fsp3) is 0.300. The van der Waals surface area contributed by atoms with Crippen molar-refractivity contribution < 1.29 is 196 Å².